The predicted molar refractivity (Wildman–Crippen MR) is 115 cm³/mol. The topological polar surface area (TPSA) is 106 Å². The van der Waals surface area contributed by atoms with Gasteiger partial charge in [-0.25, -0.2) is 4.79 Å². The molecule has 2 aliphatic heterocycles. The molecule has 2 heterocycles. The van der Waals surface area contributed by atoms with Crippen molar-refractivity contribution in [3.8, 4) is 0 Å². The highest BCUT2D eigenvalue weighted by molar-refractivity contribution is 6.34. The van der Waals surface area contributed by atoms with Gasteiger partial charge in [0.05, 0.1) is 35.9 Å². The van der Waals surface area contributed by atoms with Gasteiger partial charge in [0.25, 0.3) is 0 Å². The Kier molecular flexibility index (Phi) is 5.77. The average Bonchev–Trinajstić information content (AvgIpc) is 2.57. The summed E-state index contributed by atoms with van der Waals surface area (Å²) in [6.45, 7) is 10.6. The molecule has 0 saturated carbocycles. The Bertz CT molecular complexity index is 891. The first-order valence-electron chi connectivity index (χ1n) is 9.84. The summed E-state index contributed by atoms with van der Waals surface area (Å²) in [5, 5.41) is 3.62. The zero-order valence-corrected chi connectivity index (χ0v) is 18.8. The quantitative estimate of drug-likeness (QED) is 0.704. The van der Waals surface area contributed by atoms with Gasteiger partial charge in [-0.2, -0.15) is 0 Å². The minimum absolute atomic E-state index is 0.125. The number of hydrogen-bond donors (Lipinski definition) is 2. The molecule has 2 aliphatic rings. The fourth-order valence-electron chi connectivity index (χ4n) is 3.56. The molecule has 1 atom stereocenters. The van der Waals surface area contributed by atoms with E-state index in [-0.39, 0.29) is 23.7 Å². The van der Waals surface area contributed by atoms with Crippen LogP contribution >= 0.6 is 11.6 Å². The third-order valence-electron chi connectivity index (χ3n) is 5.10. The molecule has 3 rings (SSSR count). The van der Waals surface area contributed by atoms with Crippen LogP contribution in [-0.4, -0.2) is 48.2 Å². The van der Waals surface area contributed by atoms with Crippen molar-refractivity contribution >= 4 is 35.2 Å². The van der Waals surface area contributed by atoms with Gasteiger partial charge in [0.2, 0.25) is 11.9 Å². The van der Waals surface area contributed by atoms with Crippen LogP contribution in [0.25, 0.3) is 0 Å². The van der Waals surface area contributed by atoms with Crippen LogP contribution in [0.3, 0.4) is 0 Å². The lowest BCUT2D eigenvalue weighted by Crippen LogP contribution is -2.63. The van der Waals surface area contributed by atoms with Gasteiger partial charge in [-0.3, -0.25) is 9.69 Å². The summed E-state index contributed by atoms with van der Waals surface area (Å²) >= 11 is 6.44. The standard InChI is InChI=1S/C21H29ClN4O4/c1-19(2,3)30-18(28)24-17-25-21(5,13-7-6-8-14(23)16(13)22)9-15(27)26(17)10-20(4)11-29-12-20/h6-8H,9-12,23H2,1-5H3,(H,24,25,28)/t21-/m0/s1. The number of anilines is 1. The number of nitrogens with one attached hydrogen (secondary N) is 1. The lowest BCUT2D eigenvalue weighted by molar-refractivity contribution is -0.141. The zero-order chi connectivity index (χ0) is 22.3. The summed E-state index contributed by atoms with van der Waals surface area (Å²) in [6.07, 6.45) is -0.652. The number of carbonyl (C=O) groups is 2. The molecule has 1 aromatic carbocycles. The number of hydrogen-bond acceptors (Lipinski definition) is 5. The van der Waals surface area contributed by atoms with Crippen molar-refractivity contribution in [3.05, 3.63) is 28.8 Å². The number of nitrogen functional groups attached to an aromatic ring is 1. The number of rotatable bonds is 3. The Morgan fingerprint density at radius 1 is 1.37 bits per heavy atom. The SMILES string of the molecule is CC1(CN2C(=O)C[C@@](C)(c3cccc(N)c3Cl)N/C2=N\C(=O)OC(C)(C)C)COC1. The number of nitrogens with zero attached hydrogens (tertiary/aromatic N) is 2. The first kappa shape index (κ1) is 22.4. The normalized spacial score (nSPS) is 24.9. The summed E-state index contributed by atoms with van der Waals surface area (Å²) in [6, 6.07) is 5.28. The third kappa shape index (κ3) is 4.70. The number of guanidine groups is 1. The number of ether oxygens (including phenoxy) is 2. The van der Waals surface area contributed by atoms with Crippen LogP contribution in [0, 0.1) is 5.41 Å². The highest BCUT2D eigenvalue weighted by Gasteiger charge is 2.45. The lowest BCUT2D eigenvalue weighted by Gasteiger charge is -2.46. The summed E-state index contributed by atoms with van der Waals surface area (Å²) in [5.74, 6) is -0.0419. The second-order valence-electron chi connectivity index (χ2n) is 9.54. The Hall–Kier alpha value is -2.32. The van der Waals surface area contributed by atoms with E-state index in [0.29, 0.717) is 36.0 Å². The Morgan fingerprint density at radius 3 is 2.60 bits per heavy atom. The molecule has 0 aromatic heterocycles. The van der Waals surface area contributed by atoms with Gasteiger partial charge in [0.1, 0.15) is 5.60 Å². The maximum atomic E-state index is 13.2. The Morgan fingerprint density at radius 2 is 2.03 bits per heavy atom. The third-order valence-corrected chi connectivity index (χ3v) is 5.53. The molecule has 0 spiro atoms. The number of halogens is 1. The zero-order valence-electron chi connectivity index (χ0n) is 18.0. The van der Waals surface area contributed by atoms with E-state index in [0.717, 1.165) is 0 Å². The molecule has 2 amide bonds. The van der Waals surface area contributed by atoms with Crippen LogP contribution in [0.1, 0.15) is 46.6 Å². The first-order chi connectivity index (χ1) is 13.8. The fraction of sp³-hybridized carbons (Fsp3) is 0.571. The van der Waals surface area contributed by atoms with Crippen LogP contribution in [0.2, 0.25) is 5.02 Å². The fourth-order valence-corrected chi connectivity index (χ4v) is 3.89. The molecular formula is C21H29ClN4O4. The summed E-state index contributed by atoms with van der Waals surface area (Å²) in [7, 11) is 0. The monoisotopic (exact) mass is 436 g/mol. The van der Waals surface area contributed by atoms with Crippen molar-refractivity contribution in [3.63, 3.8) is 0 Å². The summed E-state index contributed by atoms with van der Waals surface area (Å²) in [5.41, 5.74) is 5.24. The van der Waals surface area contributed by atoms with E-state index < -0.39 is 17.2 Å². The van der Waals surface area contributed by atoms with E-state index in [1.807, 2.05) is 13.8 Å². The molecule has 0 unspecified atom stereocenters. The maximum absolute atomic E-state index is 13.2. The number of aliphatic imine (C=N–C) groups is 1. The molecule has 9 heteroatoms. The lowest BCUT2D eigenvalue weighted by atomic mass is 9.84. The van der Waals surface area contributed by atoms with E-state index in [9.17, 15) is 9.59 Å². The van der Waals surface area contributed by atoms with Crippen molar-refractivity contribution in [2.75, 3.05) is 25.5 Å². The number of nitrogens with two attached hydrogens (primary N) is 1. The van der Waals surface area contributed by atoms with Crippen molar-refractivity contribution < 1.29 is 19.1 Å². The van der Waals surface area contributed by atoms with E-state index in [1.165, 1.54) is 4.90 Å². The van der Waals surface area contributed by atoms with E-state index >= 15 is 0 Å². The highest BCUT2D eigenvalue weighted by Crippen LogP contribution is 2.38. The minimum atomic E-state index is -0.891. The maximum Gasteiger partial charge on any atom is 0.437 e. The number of carbonyl (C=O) groups excluding carboxylic acids is 2. The minimum Gasteiger partial charge on any atom is -0.442 e. The average molecular weight is 437 g/mol. The van der Waals surface area contributed by atoms with Gasteiger partial charge < -0.3 is 20.5 Å². The van der Waals surface area contributed by atoms with Gasteiger partial charge in [0.15, 0.2) is 0 Å². The van der Waals surface area contributed by atoms with E-state index in [2.05, 4.69) is 10.3 Å². The molecule has 0 aliphatic carbocycles. The highest BCUT2D eigenvalue weighted by atomic mass is 35.5. The van der Waals surface area contributed by atoms with Gasteiger partial charge in [-0.15, -0.1) is 4.99 Å². The van der Waals surface area contributed by atoms with Crippen LogP contribution in [0.15, 0.2) is 23.2 Å². The molecule has 0 radical (unpaired) electrons. The summed E-state index contributed by atoms with van der Waals surface area (Å²) < 4.78 is 10.7. The Balaban J connectivity index is 1.98. The second kappa shape index (κ2) is 7.74. The molecule has 2 fully saturated rings. The smallest absolute Gasteiger partial charge is 0.437 e. The van der Waals surface area contributed by atoms with Crippen LogP contribution in [-0.2, 0) is 19.8 Å². The largest absolute Gasteiger partial charge is 0.442 e. The van der Waals surface area contributed by atoms with Crippen molar-refractivity contribution in [1.82, 2.24) is 10.2 Å². The van der Waals surface area contributed by atoms with E-state index in [1.54, 1.807) is 39.0 Å². The molecule has 2 saturated heterocycles. The van der Waals surface area contributed by atoms with Crippen molar-refractivity contribution in [2.45, 2.75) is 52.2 Å². The van der Waals surface area contributed by atoms with E-state index in [4.69, 9.17) is 26.8 Å². The molecule has 1 aromatic rings. The van der Waals surface area contributed by atoms with Gasteiger partial charge in [0, 0.05) is 12.0 Å². The van der Waals surface area contributed by atoms with Crippen LogP contribution in [0.5, 0.6) is 0 Å². The van der Waals surface area contributed by atoms with Crippen molar-refractivity contribution in [1.29, 1.82) is 0 Å². The van der Waals surface area contributed by atoms with Crippen molar-refractivity contribution in [2.24, 2.45) is 10.4 Å². The molecule has 8 nitrogen and oxygen atoms in total. The first-order valence-corrected chi connectivity index (χ1v) is 10.2. The van der Waals surface area contributed by atoms with Gasteiger partial charge in [-0.1, -0.05) is 30.7 Å². The number of benzene rings is 1. The van der Waals surface area contributed by atoms with Crippen LogP contribution < -0.4 is 11.1 Å². The molecular weight excluding hydrogens is 408 g/mol. The molecule has 0 bridgehead atoms. The molecule has 164 valence electrons. The van der Waals surface area contributed by atoms with Crippen LogP contribution in [0.4, 0.5) is 10.5 Å². The predicted octanol–water partition coefficient (Wildman–Crippen LogP) is 3.29. The Labute approximate surface area is 181 Å². The second-order valence-corrected chi connectivity index (χ2v) is 9.92. The summed E-state index contributed by atoms with van der Waals surface area (Å²) in [4.78, 5) is 31.2. The molecule has 30 heavy (non-hydrogen) atoms. The molecule has 3 N–H and O–H groups in total. The van der Waals surface area contributed by atoms with Gasteiger partial charge >= 0.3 is 6.09 Å². The number of amides is 2. The van der Waals surface area contributed by atoms with Gasteiger partial charge in [-0.05, 0) is 39.3 Å².